The number of carbonyl (C=O) groups is 1. The van der Waals surface area contributed by atoms with E-state index in [2.05, 4.69) is 9.72 Å². The van der Waals surface area contributed by atoms with Crippen molar-refractivity contribution in [3.05, 3.63) is 29.1 Å². The zero-order valence-electron chi connectivity index (χ0n) is 8.40. The molecule has 1 aromatic rings. The Morgan fingerprint density at radius 2 is 2.40 bits per heavy atom. The molecule has 1 heterocycles. The lowest BCUT2D eigenvalue weighted by Gasteiger charge is -2.06. The second kappa shape index (κ2) is 4.59. The van der Waals surface area contributed by atoms with Crippen LogP contribution in [0.15, 0.2) is 12.3 Å². The Morgan fingerprint density at radius 3 is 3.07 bits per heavy atom. The molecule has 0 fully saturated rings. The Labute approximate surface area is 94.2 Å². The van der Waals surface area contributed by atoms with Crippen molar-refractivity contribution in [2.45, 2.75) is 18.9 Å². The summed E-state index contributed by atoms with van der Waals surface area (Å²) in [5.74, 6) is -0.308. The van der Waals surface area contributed by atoms with Crippen LogP contribution in [0, 0.1) is 0 Å². The molecule has 0 aromatic carbocycles. The van der Waals surface area contributed by atoms with Gasteiger partial charge < -0.3 is 10.5 Å². The number of halogens is 1. The minimum Gasteiger partial charge on any atom is -0.465 e. The van der Waals surface area contributed by atoms with E-state index in [0.717, 1.165) is 24.1 Å². The molecule has 82 valence electrons. The standard InChI is InChI=1S/C10H12N2O2.ClH/c1-14-10(13)7-4-5-12-9-6(7)2-3-8(9)11;/h4-5,8H,2-3,11H2,1H3;1H. The molecule has 1 aliphatic rings. The summed E-state index contributed by atoms with van der Waals surface area (Å²) < 4.78 is 4.69. The largest absolute Gasteiger partial charge is 0.465 e. The topological polar surface area (TPSA) is 65.2 Å². The van der Waals surface area contributed by atoms with Crippen molar-refractivity contribution in [2.75, 3.05) is 7.11 Å². The van der Waals surface area contributed by atoms with Crippen LogP contribution in [0.1, 0.15) is 34.1 Å². The third-order valence-electron chi connectivity index (χ3n) is 2.55. The molecule has 1 atom stereocenters. The van der Waals surface area contributed by atoms with Gasteiger partial charge in [-0.15, -0.1) is 12.4 Å². The Kier molecular flexibility index (Phi) is 3.66. The van der Waals surface area contributed by atoms with Gasteiger partial charge in [-0.25, -0.2) is 4.79 Å². The summed E-state index contributed by atoms with van der Waals surface area (Å²) in [7, 11) is 1.38. The molecular weight excluding hydrogens is 216 g/mol. The van der Waals surface area contributed by atoms with Gasteiger partial charge in [0.15, 0.2) is 0 Å². The van der Waals surface area contributed by atoms with Gasteiger partial charge in [0.25, 0.3) is 0 Å². The molecule has 1 unspecified atom stereocenters. The number of rotatable bonds is 1. The second-order valence-corrected chi connectivity index (χ2v) is 3.36. The molecule has 0 radical (unpaired) electrons. The molecule has 2 N–H and O–H groups in total. The lowest BCUT2D eigenvalue weighted by Crippen LogP contribution is -2.10. The van der Waals surface area contributed by atoms with Gasteiger partial charge in [0.1, 0.15) is 0 Å². The first-order valence-corrected chi connectivity index (χ1v) is 4.55. The highest BCUT2D eigenvalue weighted by Gasteiger charge is 2.25. The van der Waals surface area contributed by atoms with Gasteiger partial charge in [-0.1, -0.05) is 0 Å². The summed E-state index contributed by atoms with van der Waals surface area (Å²) in [6.07, 6.45) is 3.28. The van der Waals surface area contributed by atoms with Crippen LogP contribution in [0.4, 0.5) is 0 Å². The fourth-order valence-corrected chi connectivity index (χ4v) is 1.83. The van der Waals surface area contributed by atoms with Crippen LogP contribution in [0.5, 0.6) is 0 Å². The van der Waals surface area contributed by atoms with Crippen LogP contribution >= 0.6 is 12.4 Å². The van der Waals surface area contributed by atoms with Crippen LogP contribution in [-0.4, -0.2) is 18.1 Å². The maximum absolute atomic E-state index is 11.4. The predicted octanol–water partition coefficient (Wildman–Crippen LogP) is 1.24. The van der Waals surface area contributed by atoms with Crippen molar-refractivity contribution in [1.29, 1.82) is 0 Å². The van der Waals surface area contributed by atoms with E-state index in [9.17, 15) is 4.79 Å². The van der Waals surface area contributed by atoms with Gasteiger partial charge in [-0.2, -0.15) is 0 Å². The van der Waals surface area contributed by atoms with Gasteiger partial charge in [-0.05, 0) is 24.5 Å². The summed E-state index contributed by atoms with van der Waals surface area (Å²) >= 11 is 0. The zero-order chi connectivity index (χ0) is 10.1. The van der Waals surface area contributed by atoms with Gasteiger partial charge in [0.05, 0.1) is 18.4 Å². The monoisotopic (exact) mass is 228 g/mol. The summed E-state index contributed by atoms with van der Waals surface area (Å²) in [6, 6.07) is 1.65. The first-order valence-electron chi connectivity index (χ1n) is 4.55. The molecule has 0 saturated carbocycles. The number of methoxy groups -OCH3 is 1. The number of nitrogens with two attached hydrogens (primary N) is 1. The van der Waals surface area contributed by atoms with Crippen molar-refractivity contribution in [3.63, 3.8) is 0 Å². The van der Waals surface area contributed by atoms with Crippen LogP contribution in [0.25, 0.3) is 0 Å². The molecule has 0 saturated heterocycles. The number of esters is 1. The van der Waals surface area contributed by atoms with Crippen LogP contribution in [0.3, 0.4) is 0 Å². The average molecular weight is 229 g/mol. The number of carbonyl (C=O) groups excluding carboxylic acids is 1. The number of ether oxygens (including phenoxy) is 1. The fourth-order valence-electron chi connectivity index (χ4n) is 1.83. The second-order valence-electron chi connectivity index (χ2n) is 3.36. The van der Waals surface area contributed by atoms with Crippen molar-refractivity contribution in [2.24, 2.45) is 5.73 Å². The van der Waals surface area contributed by atoms with Crippen LogP contribution in [-0.2, 0) is 11.2 Å². The van der Waals surface area contributed by atoms with Crippen LogP contribution < -0.4 is 5.73 Å². The average Bonchev–Trinajstić information content (AvgIpc) is 2.59. The molecule has 0 amide bonds. The smallest absolute Gasteiger partial charge is 0.338 e. The minimum atomic E-state index is -0.308. The molecule has 0 spiro atoms. The lowest BCUT2D eigenvalue weighted by molar-refractivity contribution is 0.0599. The van der Waals surface area contributed by atoms with E-state index < -0.39 is 0 Å². The fraction of sp³-hybridized carbons (Fsp3) is 0.400. The van der Waals surface area contributed by atoms with Crippen LogP contribution in [0.2, 0.25) is 0 Å². The first-order chi connectivity index (χ1) is 6.74. The Bertz CT molecular complexity index is 382. The van der Waals surface area contributed by atoms with E-state index in [4.69, 9.17) is 5.73 Å². The summed E-state index contributed by atoms with van der Waals surface area (Å²) in [6.45, 7) is 0. The maximum atomic E-state index is 11.4. The molecule has 0 aliphatic heterocycles. The Morgan fingerprint density at radius 1 is 1.67 bits per heavy atom. The van der Waals surface area contributed by atoms with Gasteiger partial charge in [0.2, 0.25) is 0 Å². The SMILES string of the molecule is COC(=O)c1ccnc2c1CCC2N.Cl. The number of fused-ring (bicyclic) bond motifs is 1. The van der Waals surface area contributed by atoms with E-state index >= 15 is 0 Å². The summed E-state index contributed by atoms with van der Waals surface area (Å²) in [5, 5.41) is 0. The molecule has 2 rings (SSSR count). The molecule has 15 heavy (non-hydrogen) atoms. The van der Waals surface area contributed by atoms with Crippen molar-refractivity contribution >= 4 is 18.4 Å². The minimum absolute atomic E-state index is 0. The van der Waals surface area contributed by atoms with Gasteiger partial charge in [-0.3, -0.25) is 4.98 Å². The Hall–Kier alpha value is -1.13. The molecule has 0 bridgehead atoms. The predicted molar refractivity (Wildman–Crippen MR) is 58.1 cm³/mol. The third-order valence-corrected chi connectivity index (χ3v) is 2.55. The quantitative estimate of drug-likeness (QED) is 0.735. The number of hydrogen-bond donors (Lipinski definition) is 1. The normalized spacial score (nSPS) is 17.9. The van der Waals surface area contributed by atoms with Gasteiger partial charge in [0, 0.05) is 12.2 Å². The maximum Gasteiger partial charge on any atom is 0.338 e. The third kappa shape index (κ3) is 1.96. The number of nitrogens with zero attached hydrogens (tertiary/aromatic N) is 1. The van der Waals surface area contributed by atoms with E-state index in [1.807, 2.05) is 0 Å². The van der Waals surface area contributed by atoms with E-state index in [1.165, 1.54) is 7.11 Å². The highest BCUT2D eigenvalue weighted by atomic mass is 35.5. The number of pyridine rings is 1. The molecule has 1 aliphatic carbocycles. The van der Waals surface area contributed by atoms with Gasteiger partial charge >= 0.3 is 5.97 Å². The summed E-state index contributed by atoms with van der Waals surface area (Å²) in [4.78, 5) is 15.6. The first kappa shape index (κ1) is 11.9. The molecule has 4 nitrogen and oxygen atoms in total. The van der Waals surface area contributed by atoms with E-state index in [1.54, 1.807) is 12.3 Å². The van der Waals surface area contributed by atoms with Crippen molar-refractivity contribution in [1.82, 2.24) is 4.98 Å². The highest BCUT2D eigenvalue weighted by Crippen LogP contribution is 2.29. The zero-order valence-corrected chi connectivity index (χ0v) is 9.21. The van der Waals surface area contributed by atoms with Crippen molar-refractivity contribution < 1.29 is 9.53 Å². The van der Waals surface area contributed by atoms with E-state index in [-0.39, 0.29) is 24.4 Å². The number of aromatic nitrogens is 1. The molecule has 1 aromatic heterocycles. The lowest BCUT2D eigenvalue weighted by atomic mass is 10.1. The summed E-state index contributed by atoms with van der Waals surface area (Å²) in [5.41, 5.74) is 8.24. The van der Waals surface area contributed by atoms with Crippen molar-refractivity contribution in [3.8, 4) is 0 Å². The Balaban J connectivity index is 0.00000112. The molecular formula is C10H13ClN2O2. The van der Waals surface area contributed by atoms with E-state index in [0.29, 0.717) is 5.56 Å². The number of hydrogen-bond acceptors (Lipinski definition) is 4. The highest BCUT2D eigenvalue weighted by molar-refractivity contribution is 5.91. The molecule has 5 heteroatoms.